The van der Waals surface area contributed by atoms with Crippen LogP contribution in [0.2, 0.25) is 0 Å². The van der Waals surface area contributed by atoms with Crippen molar-refractivity contribution in [2.24, 2.45) is 11.7 Å². The number of nitrogens with zero attached hydrogens (tertiary/aromatic N) is 1. The van der Waals surface area contributed by atoms with Gasteiger partial charge in [0.15, 0.2) is 9.84 Å². The fraction of sp³-hybridized carbons (Fsp3) is 0.909. The monoisotopic (exact) mass is 263 g/mol. The zero-order valence-electron chi connectivity index (χ0n) is 11.1. The molecule has 17 heavy (non-hydrogen) atoms. The van der Waals surface area contributed by atoms with Gasteiger partial charge in [-0.15, -0.1) is 0 Å². The zero-order chi connectivity index (χ0) is 13.5. The fourth-order valence-corrected chi connectivity index (χ4v) is 2.91. The Balaban J connectivity index is 4.19. The van der Waals surface area contributed by atoms with Crippen molar-refractivity contribution < 1.29 is 8.42 Å². The lowest BCUT2D eigenvalue weighted by atomic mass is 10.1. The van der Waals surface area contributed by atoms with Gasteiger partial charge < -0.3 is 10.6 Å². The second-order valence-corrected chi connectivity index (χ2v) is 6.71. The van der Waals surface area contributed by atoms with Crippen molar-refractivity contribution in [3.63, 3.8) is 0 Å². The summed E-state index contributed by atoms with van der Waals surface area (Å²) in [6, 6.07) is 0. The molecule has 3 N–H and O–H groups in total. The summed E-state index contributed by atoms with van der Waals surface area (Å²) in [4.78, 5) is 2.03. The molecule has 0 aromatic carbocycles. The Morgan fingerprint density at radius 1 is 1.35 bits per heavy atom. The van der Waals surface area contributed by atoms with Gasteiger partial charge in [-0.2, -0.15) is 0 Å². The molecule has 1 unspecified atom stereocenters. The summed E-state index contributed by atoms with van der Waals surface area (Å²) in [5, 5.41) is 7.32. The van der Waals surface area contributed by atoms with Gasteiger partial charge in [-0.1, -0.05) is 20.8 Å². The zero-order valence-corrected chi connectivity index (χ0v) is 11.9. The topological polar surface area (TPSA) is 87.2 Å². The van der Waals surface area contributed by atoms with Gasteiger partial charge in [-0.05, 0) is 13.0 Å². The van der Waals surface area contributed by atoms with Crippen LogP contribution in [0.15, 0.2) is 0 Å². The summed E-state index contributed by atoms with van der Waals surface area (Å²) in [6.07, 6.45) is 0.665. The predicted molar refractivity (Wildman–Crippen MR) is 72.1 cm³/mol. The standard InChI is InChI=1S/C11H25N3O2S/c1-4-7-17(15,16)8-6-14(5-2)9-10(3)11(12)13/h10H,4-9H2,1-3H3,(H3,12,13). The first kappa shape index (κ1) is 16.4. The van der Waals surface area contributed by atoms with Crippen molar-refractivity contribution in [2.45, 2.75) is 27.2 Å². The number of nitrogens with one attached hydrogen (secondary N) is 1. The third-order valence-electron chi connectivity index (χ3n) is 2.74. The summed E-state index contributed by atoms with van der Waals surface area (Å²) >= 11 is 0. The lowest BCUT2D eigenvalue weighted by Gasteiger charge is -2.23. The van der Waals surface area contributed by atoms with Crippen LogP contribution in [-0.4, -0.2) is 50.3 Å². The van der Waals surface area contributed by atoms with E-state index < -0.39 is 9.84 Å². The van der Waals surface area contributed by atoms with Crippen molar-refractivity contribution in [1.29, 1.82) is 5.41 Å². The molecule has 0 heterocycles. The Labute approximate surface area is 105 Å². The van der Waals surface area contributed by atoms with Crippen LogP contribution < -0.4 is 5.73 Å². The highest BCUT2D eigenvalue weighted by Gasteiger charge is 2.15. The predicted octanol–water partition coefficient (Wildman–Crippen LogP) is 0.705. The van der Waals surface area contributed by atoms with Crippen LogP contribution in [0.4, 0.5) is 0 Å². The average molecular weight is 263 g/mol. The van der Waals surface area contributed by atoms with Gasteiger partial charge in [0.1, 0.15) is 0 Å². The van der Waals surface area contributed by atoms with Crippen molar-refractivity contribution in [3.8, 4) is 0 Å². The lowest BCUT2D eigenvalue weighted by molar-refractivity contribution is 0.286. The van der Waals surface area contributed by atoms with E-state index in [1.807, 2.05) is 25.7 Å². The maximum absolute atomic E-state index is 11.6. The second-order valence-electron chi connectivity index (χ2n) is 4.40. The van der Waals surface area contributed by atoms with Crippen LogP contribution in [-0.2, 0) is 9.84 Å². The molecule has 5 nitrogen and oxygen atoms in total. The highest BCUT2D eigenvalue weighted by atomic mass is 32.2. The van der Waals surface area contributed by atoms with E-state index in [0.29, 0.717) is 19.5 Å². The largest absolute Gasteiger partial charge is 0.387 e. The summed E-state index contributed by atoms with van der Waals surface area (Å²) in [5.41, 5.74) is 5.41. The quantitative estimate of drug-likeness (QED) is 0.473. The summed E-state index contributed by atoms with van der Waals surface area (Å²) < 4.78 is 23.2. The lowest BCUT2D eigenvalue weighted by Crippen LogP contribution is -2.37. The molecule has 0 aliphatic heterocycles. The maximum Gasteiger partial charge on any atom is 0.151 e. The molecule has 0 aromatic heterocycles. The second kappa shape index (κ2) is 7.66. The molecule has 0 rings (SSSR count). The van der Waals surface area contributed by atoms with Gasteiger partial charge in [0, 0.05) is 24.8 Å². The van der Waals surface area contributed by atoms with Gasteiger partial charge in [-0.25, -0.2) is 8.42 Å². The van der Waals surface area contributed by atoms with Gasteiger partial charge in [0.25, 0.3) is 0 Å². The highest BCUT2D eigenvalue weighted by Crippen LogP contribution is 2.01. The molecule has 0 saturated carbocycles. The molecule has 0 amide bonds. The van der Waals surface area contributed by atoms with Crippen molar-refractivity contribution in [1.82, 2.24) is 4.90 Å². The van der Waals surface area contributed by atoms with E-state index in [1.54, 1.807) is 0 Å². The van der Waals surface area contributed by atoms with Gasteiger partial charge in [-0.3, -0.25) is 5.41 Å². The van der Waals surface area contributed by atoms with Crippen LogP contribution in [0.3, 0.4) is 0 Å². The first-order valence-corrected chi connectivity index (χ1v) is 7.91. The molecule has 0 fully saturated rings. The Morgan fingerprint density at radius 3 is 2.35 bits per heavy atom. The minimum atomic E-state index is -2.92. The first-order chi connectivity index (χ1) is 7.82. The number of amidine groups is 1. The molecule has 0 bridgehead atoms. The van der Waals surface area contributed by atoms with E-state index >= 15 is 0 Å². The summed E-state index contributed by atoms with van der Waals surface area (Å²) in [7, 11) is -2.92. The molecular weight excluding hydrogens is 238 g/mol. The van der Waals surface area contributed by atoms with Crippen molar-refractivity contribution >= 4 is 15.7 Å². The van der Waals surface area contributed by atoms with Crippen LogP contribution >= 0.6 is 0 Å². The minimum Gasteiger partial charge on any atom is -0.387 e. The Hall–Kier alpha value is -0.620. The molecule has 0 aromatic rings. The minimum absolute atomic E-state index is 0.0242. The maximum atomic E-state index is 11.6. The van der Waals surface area contributed by atoms with Crippen molar-refractivity contribution in [2.75, 3.05) is 31.1 Å². The Bertz CT molecular complexity index is 328. The molecule has 1 atom stereocenters. The van der Waals surface area contributed by atoms with E-state index in [4.69, 9.17) is 11.1 Å². The Kier molecular flexibility index (Phi) is 7.38. The molecular formula is C11H25N3O2S. The summed E-state index contributed by atoms with van der Waals surface area (Å²) in [5.74, 6) is 0.579. The number of sulfone groups is 1. The Morgan fingerprint density at radius 2 is 1.94 bits per heavy atom. The van der Waals surface area contributed by atoms with E-state index in [-0.39, 0.29) is 23.3 Å². The van der Waals surface area contributed by atoms with Gasteiger partial charge >= 0.3 is 0 Å². The first-order valence-electron chi connectivity index (χ1n) is 6.09. The van der Waals surface area contributed by atoms with Gasteiger partial charge in [0.2, 0.25) is 0 Å². The van der Waals surface area contributed by atoms with E-state index in [0.717, 1.165) is 6.54 Å². The number of hydrogen-bond donors (Lipinski definition) is 2. The van der Waals surface area contributed by atoms with Crippen LogP contribution in [0.1, 0.15) is 27.2 Å². The highest BCUT2D eigenvalue weighted by molar-refractivity contribution is 7.91. The van der Waals surface area contributed by atoms with Crippen LogP contribution in [0, 0.1) is 11.3 Å². The molecule has 102 valence electrons. The van der Waals surface area contributed by atoms with Crippen molar-refractivity contribution in [3.05, 3.63) is 0 Å². The van der Waals surface area contributed by atoms with Crippen LogP contribution in [0.5, 0.6) is 0 Å². The molecule has 0 aliphatic carbocycles. The molecule has 0 aliphatic rings. The normalized spacial score (nSPS) is 13.9. The molecule has 0 radical (unpaired) electrons. The number of hydrogen-bond acceptors (Lipinski definition) is 4. The molecule has 0 spiro atoms. The number of nitrogens with two attached hydrogens (primary N) is 1. The van der Waals surface area contributed by atoms with E-state index in [2.05, 4.69) is 0 Å². The SMILES string of the molecule is CCCS(=O)(=O)CCN(CC)CC(C)C(=N)N. The fourth-order valence-electron chi connectivity index (χ4n) is 1.55. The summed E-state index contributed by atoms with van der Waals surface area (Å²) in [6.45, 7) is 7.68. The van der Waals surface area contributed by atoms with E-state index in [9.17, 15) is 8.42 Å². The third kappa shape index (κ3) is 7.33. The smallest absolute Gasteiger partial charge is 0.151 e. The third-order valence-corrected chi connectivity index (χ3v) is 4.58. The van der Waals surface area contributed by atoms with E-state index in [1.165, 1.54) is 0 Å². The molecule has 6 heteroatoms. The number of rotatable bonds is 9. The average Bonchev–Trinajstić information content (AvgIpc) is 2.23. The van der Waals surface area contributed by atoms with Crippen LogP contribution in [0.25, 0.3) is 0 Å². The van der Waals surface area contributed by atoms with Gasteiger partial charge in [0.05, 0.1) is 11.6 Å². The molecule has 0 saturated heterocycles.